The summed E-state index contributed by atoms with van der Waals surface area (Å²) in [6.07, 6.45) is -2.68. The number of halogens is 3. The van der Waals surface area contributed by atoms with Crippen LogP contribution in [0.1, 0.15) is 116 Å². The third kappa shape index (κ3) is 12.1. The summed E-state index contributed by atoms with van der Waals surface area (Å²) in [5, 5.41) is 17.8. The first kappa shape index (κ1) is 50.4. The van der Waals surface area contributed by atoms with Gasteiger partial charge in [0.2, 0.25) is 41.4 Å². The maximum atomic E-state index is 14.5. The van der Waals surface area contributed by atoms with Gasteiger partial charge in [-0.2, -0.15) is 18.4 Å². The molecule has 1 saturated carbocycles. The van der Waals surface area contributed by atoms with Crippen LogP contribution in [0.15, 0.2) is 24.3 Å². The van der Waals surface area contributed by atoms with Crippen LogP contribution in [0, 0.1) is 22.7 Å². The molecule has 6 atom stereocenters. The molecule has 0 bridgehead atoms. The zero-order chi connectivity index (χ0) is 46.8. The van der Waals surface area contributed by atoms with Crippen molar-refractivity contribution in [2.24, 2.45) is 11.3 Å². The molecule has 3 N–H and O–H groups in total. The summed E-state index contributed by atoms with van der Waals surface area (Å²) in [6.45, 7) is 7.11. The summed E-state index contributed by atoms with van der Waals surface area (Å²) in [5.74, 6) is -4.90. The smallest absolute Gasteiger partial charge is 0.344 e. The summed E-state index contributed by atoms with van der Waals surface area (Å²) in [5.41, 5.74) is -1.62. The number of carbonyl (C=O) groups is 7. The molecule has 348 valence electrons. The molecular formula is C45H65F3N8O7. The number of amides is 7. The number of likely N-dealkylation sites (N-methyl/N-ethyl adjacent to an activating group) is 3. The van der Waals surface area contributed by atoms with E-state index in [1.54, 1.807) is 38.2 Å². The maximum absolute atomic E-state index is 14.5. The number of rotatable bonds is 10. The first-order valence-electron chi connectivity index (χ1n) is 22.2. The van der Waals surface area contributed by atoms with Crippen LogP contribution >= 0.6 is 0 Å². The summed E-state index contributed by atoms with van der Waals surface area (Å²) in [6, 6.07) is 1.83. The molecule has 7 amide bonds. The van der Waals surface area contributed by atoms with Gasteiger partial charge in [-0.15, -0.1) is 0 Å². The van der Waals surface area contributed by atoms with Crippen LogP contribution in [0.4, 0.5) is 13.2 Å². The number of benzene rings is 1. The second-order valence-electron chi connectivity index (χ2n) is 17.9. The third-order valence-corrected chi connectivity index (χ3v) is 12.9. The topological polar surface area (TPSA) is 192 Å². The van der Waals surface area contributed by atoms with Crippen LogP contribution in [-0.2, 0) is 40.0 Å². The molecule has 63 heavy (non-hydrogen) atoms. The van der Waals surface area contributed by atoms with Gasteiger partial charge in [0, 0.05) is 40.7 Å². The van der Waals surface area contributed by atoms with Crippen molar-refractivity contribution in [3.8, 4) is 6.07 Å². The third-order valence-electron chi connectivity index (χ3n) is 12.9. The van der Waals surface area contributed by atoms with Crippen LogP contribution in [0.3, 0.4) is 0 Å². The molecule has 3 aliphatic rings. The predicted octanol–water partition coefficient (Wildman–Crippen LogP) is 3.83. The van der Waals surface area contributed by atoms with E-state index >= 15 is 0 Å². The standard InChI is InChI=1S/C45H65F3N8O7/c1-8-32-41(61)53(5)22-13-10-18-34(37(57)52-33(24-28(2)3)42(62)55(7)36(39(59)51-32)26-30-16-14-17-31(25-30)27-49)54(6)40(60)29(4)50-38(58)35-19-15-23-56(35)43(63)44(45(46,47)48)20-11-9-12-21-44/h14,16-17,25,28-29,32-36H,8-13,15,18-24,26H2,1-7H3,(H,50,58)(H,51,59)(H,52,57)/t29-,32+,33-,34-,35-,36-/m0/s1. The molecule has 15 nitrogen and oxygen atoms in total. The highest BCUT2D eigenvalue weighted by Gasteiger charge is 2.62. The SMILES string of the molecule is CC[C@H]1NC(=O)[C@H](Cc2cccc(C#N)c2)N(C)C(=O)[C@H](CC(C)C)NC(=O)[C@@H](N(C)C(=O)[C@H](C)NC(=O)[C@@H]2CCCN2C(=O)C2(C(F)(F)F)CCCCC2)CCCCN(C)C1=O. The van der Waals surface area contributed by atoms with Gasteiger partial charge < -0.3 is 35.6 Å². The molecule has 0 aromatic heterocycles. The van der Waals surface area contributed by atoms with E-state index in [1.165, 1.54) is 35.7 Å². The lowest BCUT2D eigenvalue weighted by Crippen LogP contribution is -2.60. The van der Waals surface area contributed by atoms with Crippen molar-refractivity contribution in [2.75, 3.05) is 34.2 Å². The highest BCUT2D eigenvalue weighted by atomic mass is 19.4. The molecule has 2 heterocycles. The fraction of sp³-hybridized carbons (Fsp3) is 0.689. The Morgan fingerprint density at radius 3 is 2.21 bits per heavy atom. The van der Waals surface area contributed by atoms with Gasteiger partial charge >= 0.3 is 6.18 Å². The van der Waals surface area contributed by atoms with Gasteiger partial charge in [0.15, 0.2) is 0 Å². The molecule has 4 rings (SSSR count). The maximum Gasteiger partial charge on any atom is 0.403 e. The highest BCUT2D eigenvalue weighted by molar-refractivity contribution is 5.97. The van der Waals surface area contributed by atoms with E-state index < -0.39 is 83.3 Å². The van der Waals surface area contributed by atoms with Gasteiger partial charge in [-0.3, -0.25) is 33.6 Å². The average molecular weight is 887 g/mol. The zero-order valence-electron chi connectivity index (χ0n) is 37.7. The Kier molecular flexibility index (Phi) is 17.6. The van der Waals surface area contributed by atoms with Crippen molar-refractivity contribution < 1.29 is 46.7 Å². The van der Waals surface area contributed by atoms with Crippen LogP contribution in [-0.4, -0.2) is 138 Å². The molecule has 2 aliphatic heterocycles. The second kappa shape index (κ2) is 21.9. The number of nitriles is 1. The molecule has 0 radical (unpaired) electrons. The summed E-state index contributed by atoms with van der Waals surface area (Å²) < 4.78 is 43.5. The zero-order valence-corrected chi connectivity index (χ0v) is 37.7. The predicted molar refractivity (Wildman–Crippen MR) is 227 cm³/mol. The lowest BCUT2D eigenvalue weighted by molar-refractivity contribution is -0.236. The van der Waals surface area contributed by atoms with E-state index in [2.05, 4.69) is 22.0 Å². The van der Waals surface area contributed by atoms with Gasteiger partial charge in [-0.05, 0) is 88.3 Å². The average Bonchev–Trinajstić information content (AvgIpc) is 3.75. The van der Waals surface area contributed by atoms with Crippen molar-refractivity contribution in [3.05, 3.63) is 35.4 Å². The minimum Gasteiger partial charge on any atom is -0.344 e. The number of nitrogens with zero attached hydrogens (tertiary/aromatic N) is 5. The molecule has 1 aliphatic carbocycles. The van der Waals surface area contributed by atoms with Crippen LogP contribution in [0.2, 0.25) is 0 Å². The van der Waals surface area contributed by atoms with E-state index in [4.69, 9.17) is 0 Å². The molecule has 1 aromatic carbocycles. The Balaban J connectivity index is 1.61. The van der Waals surface area contributed by atoms with Crippen molar-refractivity contribution in [3.63, 3.8) is 0 Å². The van der Waals surface area contributed by atoms with Crippen molar-refractivity contribution in [1.82, 2.24) is 35.6 Å². The number of alkyl halides is 3. The quantitative estimate of drug-likeness (QED) is 0.316. The molecule has 18 heteroatoms. The minimum atomic E-state index is -4.79. The Morgan fingerprint density at radius 2 is 1.59 bits per heavy atom. The lowest BCUT2D eigenvalue weighted by atomic mass is 9.72. The first-order chi connectivity index (χ1) is 29.7. The van der Waals surface area contributed by atoms with Gasteiger partial charge in [0.25, 0.3) is 0 Å². The van der Waals surface area contributed by atoms with Gasteiger partial charge in [-0.1, -0.05) is 52.2 Å². The largest absolute Gasteiger partial charge is 0.403 e. The van der Waals surface area contributed by atoms with E-state index in [0.717, 1.165) is 4.90 Å². The summed E-state index contributed by atoms with van der Waals surface area (Å²) in [4.78, 5) is 103. The molecular weight excluding hydrogens is 822 g/mol. The Labute approximate surface area is 368 Å². The second-order valence-corrected chi connectivity index (χ2v) is 17.9. The first-order valence-corrected chi connectivity index (χ1v) is 22.2. The van der Waals surface area contributed by atoms with Gasteiger partial charge in [0.1, 0.15) is 41.7 Å². The van der Waals surface area contributed by atoms with E-state index in [1.807, 2.05) is 13.8 Å². The fourth-order valence-corrected chi connectivity index (χ4v) is 9.09. The van der Waals surface area contributed by atoms with Crippen molar-refractivity contribution in [1.29, 1.82) is 5.26 Å². The number of hydrogen-bond donors (Lipinski definition) is 3. The van der Waals surface area contributed by atoms with Gasteiger partial charge in [0.05, 0.1) is 11.6 Å². The van der Waals surface area contributed by atoms with E-state index in [-0.39, 0.29) is 82.7 Å². The fourth-order valence-electron chi connectivity index (χ4n) is 9.09. The normalized spacial score (nSPS) is 24.9. The van der Waals surface area contributed by atoms with Crippen LogP contribution in [0.25, 0.3) is 0 Å². The van der Waals surface area contributed by atoms with Crippen molar-refractivity contribution >= 4 is 41.4 Å². The Morgan fingerprint density at radius 1 is 0.921 bits per heavy atom. The van der Waals surface area contributed by atoms with Crippen LogP contribution < -0.4 is 16.0 Å². The van der Waals surface area contributed by atoms with Crippen molar-refractivity contribution in [2.45, 2.75) is 154 Å². The number of likely N-dealkylation sites (tertiary alicyclic amines) is 1. The van der Waals surface area contributed by atoms with Crippen LogP contribution in [0.5, 0.6) is 0 Å². The highest BCUT2D eigenvalue weighted by Crippen LogP contribution is 2.51. The Bertz CT molecular complexity index is 1880. The molecule has 0 unspecified atom stereocenters. The van der Waals surface area contributed by atoms with Gasteiger partial charge in [-0.25, -0.2) is 0 Å². The summed E-state index contributed by atoms with van der Waals surface area (Å²) >= 11 is 0. The molecule has 0 spiro atoms. The monoisotopic (exact) mass is 886 g/mol. The van der Waals surface area contributed by atoms with E-state index in [0.29, 0.717) is 36.8 Å². The Hall–Kier alpha value is -5.21. The lowest BCUT2D eigenvalue weighted by Gasteiger charge is -2.41. The molecule has 2 saturated heterocycles. The molecule has 1 aromatic rings. The molecule has 3 fully saturated rings. The minimum absolute atomic E-state index is 0.00808. The summed E-state index contributed by atoms with van der Waals surface area (Å²) in [7, 11) is 4.42. The van der Waals surface area contributed by atoms with E-state index in [9.17, 15) is 52.0 Å². The number of nitrogens with one attached hydrogen (secondary N) is 3. The number of carbonyl (C=O) groups excluding carboxylic acids is 7. The number of hydrogen-bond acceptors (Lipinski definition) is 8.